The Hall–Kier alpha value is -0.430. The molecule has 0 bridgehead atoms. The number of nitrogens with zero attached hydrogens (tertiary/aromatic N) is 1. The molecule has 3 rings (SSSR count). The van der Waals surface area contributed by atoms with Gasteiger partial charge in [-0.1, -0.05) is 0 Å². The predicted octanol–water partition coefficient (Wildman–Crippen LogP) is 2.08. The van der Waals surface area contributed by atoms with Crippen LogP contribution in [0.5, 0.6) is 0 Å². The topological polar surface area (TPSA) is 46.6 Å². The van der Waals surface area contributed by atoms with Gasteiger partial charge >= 0.3 is 0 Å². The fraction of sp³-hybridized carbons (Fsp3) is 0.733. The second-order valence-corrected chi connectivity index (χ2v) is 9.65. The largest absolute Gasteiger partial charge is 0.381 e. The summed E-state index contributed by atoms with van der Waals surface area (Å²) >= 11 is 1.76. The molecule has 1 spiro atoms. The molecule has 2 fully saturated rings. The van der Waals surface area contributed by atoms with Crippen LogP contribution in [0.4, 0.5) is 0 Å². The Bertz CT molecular complexity index is 602. The van der Waals surface area contributed by atoms with Crippen LogP contribution in [0.25, 0.3) is 0 Å². The Morgan fingerprint density at radius 1 is 1.48 bits per heavy atom. The van der Waals surface area contributed by atoms with Gasteiger partial charge in [-0.15, -0.1) is 11.3 Å². The van der Waals surface area contributed by atoms with Crippen LogP contribution in [0.1, 0.15) is 23.8 Å². The second-order valence-electron chi connectivity index (χ2n) is 6.20. The molecule has 1 aromatic rings. The van der Waals surface area contributed by atoms with Gasteiger partial charge in [-0.3, -0.25) is 4.90 Å². The van der Waals surface area contributed by atoms with Crippen LogP contribution in [0, 0.1) is 12.8 Å². The van der Waals surface area contributed by atoms with E-state index in [-0.39, 0.29) is 5.92 Å². The summed E-state index contributed by atoms with van der Waals surface area (Å²) < 4.78 is 29.9. The highest BCUT2D eigenvalue weighted by Gasteiger charge is 2.61. The van der Waals surface area contributed by atoms with Crippen molar-refractivity contribution in [3.8, 4) is 0 Å². The van der Waals surface area contributed by atoms with Crippen molar-refractivity contribution in [1.29, 1.82) is 0 Å². The Labute approximate surface area is 131 Å². The van der Waals surface area contributed by atoms with Crippen LogP contribution in [0.15, 0.2) is 11.4 Å². The first-order chi connectivity index (χ1) is 9.98. The summed E-state index contributed by atoms with van der Waals surface area (Å²) in [7, 11) is -2.97. The third kappa shape index (κ3) is 2.56. The number of sulfone groups is 1. The number of rotatable bonds is 5. The molecule has 1 aromatic heterocycles. The molecule has 0 N–H and O–H groups in total. The minimum Gasteiger partial charge on any atom is -0.381 e. The zero-order chi connectivity index (χ0) is 15.1. The lowest BCUT2D eigenvalue weighted by molar-refractivity contribution is 0.0296. The van der Waals surface area contributed by atoms with Gasteiger partial charge in [-0.25, -0.2) is 8.42 Å². The average Bonchev–Trinajstić information content (AvgIpc) is 2.90. The molecule has 3 heterocycles. The van der Waals surface area contributed by atoms with E-state index < -0.39 is 14.6 Å². The first-order valence-corrected chi connectivity index (χ1v) is 10.1. The summed E-state index contributed by atoms with van der Waals surface area (Å²) in [6.07, 6.45) is 0.758. The van der Waals surface area contributed by atoms with E-state index in [2.05, 4.69) is 23.3 Å². The Morgan fingerprint density at radius 3 is 2.86 bits per heavy atom. The van der Waals surface area contributed by atoms with E-state index in [1.165, 1.54) is 10.4 Å². The summed E-state index contributed by atoms with van der Waals surface area (Å²) in [6, 6.07) is 2.12. The van der Waals surface area contributed by atoms with Crippen molar-refractivity contribution in [3.63, 3.8) is 0 Å². The van der Waals surface area contributed by atoms with Crippen molar-refractivity contribution < 1.29 is 13.2 Å². The second kappa shape index (κ2) is 5.65. The maximum absolute atomic E-state index is 12.5. The Morgan fingerprint density at radius 2 is 2.24 bits per heavy atom. The molecular weight excluding hydrogens is 306 g/mol. The summed E-state index contributed by atoms with van der Waals surface area (Å²) in [6.45, 7) is 7.54. The van der Waals surface area contributed by atoms with Gasteiger partial charge in [0.15, 0.2) is 9.84 Å². The van der Waals surface area contributed by atoms with Crippen LogP contribution in [0.2, 0.25) is 0 Å². The highest BCUT2D eigenvalue weighted by atomic mass is 32.2. The normalized spacial score (nSPS) is 27.0. The zero-order valence-corrected chi connectivity index (χ0v) is 14.3. The van der Waals surface area contributed by atoms with Crippen molar-refractivity contribution in [2.24, 2.45) is 5.92 Å². The molecule has 1 atom stereocenters. The predicted molar refractivity (Wildman–Crippen MR) is 85.5 cm³/mol. The quantitative estimate of drug-likeness (QED) is 0.830. The first kappa shape index (κ1) is 15.5. The maximum Gasteiger partial charge on any atom is 0.158 e. The van der Waals surface area contributed by atoms with Crippen molar-refractivity contribution in [2.45, 2.75) is 31.6 Å². The number of hydrogen-bond acceptors (Lipinski definition) is 5. The molecule has 0 radical (unpaired) electrons. The van der Waals surface area contributed by atoms with Gasteiger partial charge in [-0.2, -0.15) is 0 Å². The molecule has 2 aliphatic heterocycles. The van der Waals surface area contributed by atoms with Gasteiger partial charge < -0.3 is 4.74 Å². The van der Waals surface area contributed by atoms with E-state index in [9.17, 15) is 8.42 Å². The van der Waals surface area contributed by atoms with Crippen LogP contribution in [0.3, 0.4) is 0 Å². The summed E-state index contributed by atoms with van der Waals surface area (Å²) in [4.78, 5) is 3.61. The molecule has 1 unspecified atom stereocenters. The van der Waals surface area contributed by atoms with Gasteiger partial charge in [-0.05, 0) is 37.3 Å². The molecule has 0 saturated carbocycles. The monoisotopic (exact) mass is 329 g/mol. The maximum atomic E-state index is 12.5. The fourth-order valence-electron chi connectivity index (χ4n) is 3.56. The summed E-state index contributed by atoms with van der Waals surface area (Å²) in [5, 5.41) is 2.10. The van der Waals surface area contributed by atoms with Crippen molar-refractivity contribution >= 4 is 21.2 Å². The molecule has 118 valence electrons. The van der Waals surface area contributed by atoms with Gasteiger partial charge in [0.25, 0.3) is 0 Å². The zero-order valence-electron chi connectivity index (χ0n) is 12.7. The molecule has 4 nitrogen and oxygen atoms in total. The Balaban J connectivity index is 1.69. The number of aryl methyl sites for hydroxylation is 1. The lowest BCUT2D eigenvalue weighted by Gasteiger charge is -2.50. The van der Waals surface area contributed by atoms with E-state index >= 15 is 0 Å². The van der Waals surface area contributed by atoms with Gasteiger partial charge in [0.05, 0.1) is 12.4 Å². The number of likely N-dealkylation sites (tertiary alicyclic amines) is 1. The molecule has 0 aromatic carbocycles. The average molecular weight is 329 g/mol. The SMILES string of the molecule is CCOCC1CCS(=O)(=O)C12CN(Cc1sccc1C)C2. The fourth-order valence-corrected chi connectivity index (χ4v) is 6.96. The minimum atomic E-state index is -2.97. The van der Waals surface area contributed by atoms with Gasteiger partial charge in [0, 0.05) is 37.0 Å². The lowest BCUT2D eigenvalue weighted by Crippen LogP contribution is -2.67. The van der Waals surface area contributed by atoms with Crippen LogP contribution >= 0.6 is 11.3 Å². The molecule has 0 aliphatic carbocycles. The highest BCUT2D eigenvalue weighted by molar-refractivity contribution is 7.93. The number of ether oxygens (including phenoxy) is 1. The Kier molecular flexibility index (Phi) is 4.16. The van der Waals surface area contributed by atoms with Gasteiger partial charge in [0.2, 0.25) is 0 Å². The molecule has 21 heavy (non-hydrogen) atoms. The van der Waals surface area contributed by atoms with Crippen LogP contribution < -0.4 is 0 Å². The minimum absolute atomic E-state index is 0.170. The van der Waals surface area contributed by atoms with E-state index in [0.29, 0.717) is 32.1 Å². The van der Waals surface area contributed by atoms with E-state index in [0.717, 1.165) is 13.0 Å². The molecule has 2 saturated heterocycles. The smallest absolute Gasteiger partial charge is 0.158 e. The molecule has 6 heteroatoms. The standard InChI is InChI=1S/C15H23NO3S2/c1-3-19-9-13-5-7-21(17,18)15(13)10-16(11-15)8-14-12(2)4-6-20-14/h4,6,13H,3,5,7-11H2,1-2H3. The highest BCUT2D eigenvalue weighted by Crippen LogP contribution is 2.45. The number of hydrogen-bond donors (Lipinski definition) is 0. The van der Waals surface area contributed by atoms with Crippen LogP contribution in [-0.4, -0.2) is 50.1 Å². The van der Waals surface area contributed by atoms with Crippen LogP contribution in [-0.2, 0) is 21.1 Å². The molecule has 0 amide bonds. The van der Waals surface area contributed by atoms with E-state index in [1.807, 2.05) is 6.92 Å². The van der Waals surface area contributed by atoms with Gasteiger partial charge in [0.1, 0.15) is 4.75 Å². The van der Waals surface area contributed by atoms with Crippen molar-refractivity contribution in [2.75, 3.05) is 32.1 Å². The number of thiophene rings is 1. The summed E-state index contributed by atoms with van der Waals surface area (Å²) in [5.74, 6) is 0.500. The molecular formula is C15H23NO3S2. The third-order valence-electron chi connectivity index (χ3n) is 4.94. The molecule has 2 aliphatic rings. The summed E-state index contributed by atoms with van der Waals surface area (Å²) in [5.41, 5.74) is 1.31. The van der Waals surface area contributed by atoms with E-state index in [1.54, 1.807) is 11.3 Å². The van der Waals surface area contributed by atoms with E-state index in [4.69, 9.17) is 4.74 Å². The first-order valence-electron chi connectivity index (χ1n) is 7.54. The lowest BCUT2D eigenvalue weighted by atomic mass is 9.83. The van der Waals surface area contributed by atoms with Crippen molar-refractivity contribution in [3.05, 3.63) is 21.9 Å². The third-order valence-corrected chi connectivity index (χ3v) is 8.55. The van der Waals surface area contributed by atoms with Crippen molar-refractivity contribution in [1.82, 2.24) is 4.90 Å².